The largest absolute Gasteiger partial charge is 0.345 e. The highest BCUT2D eigenvalue weighted by Gasteiger charge is 2.12. The summed E-state index contributed by atoms with van der Waals surface area (Å²) in [6, 6.07) is 11.3. The van der Waals surface area contributed by atoms with Crippen molar-refractivity contribution in [2.75, 3.05) is 0 Å². The molecule has 1 N–H and O–H groups in total. The standard InChI is InChI=1S/C14H14ClNOS/c1-9-3-8-13(18-9)14(17)16-10(2)11-4-6-12(15)7-5-11/h3-8,10H,1-2H3,(H,16,17). The van der Waals surface area contributed by atoms with Gasteiger partial charge in [-0.2, -0.15) is 0 Å². The number of nitrogens with one attached hydrogen (secondary N) is 1. The smallest absolute Gasteiger partial charge is 0.261 e. The molecule has 0 saturated heterocycles. The Morgan fingerprint density at radius 1 is 1.22 bits per heavy atom. The molecule has 0 fully saturated rings. The highest BCUT2D eigenvalue weighted by molar-refractivity contribution is 7.13. The molecule has 4 heteroatoms. The maximum absolute atomic E-state index is 12.0. The van der Waals surface area contributed by atoms with E-state index in [9.17, 15) is 4.79 Å². The molecule has 0 radical (unpaired) electrons. The van der Waals surface area contributed by atoms with Crippen molar-refractivity contribution in [2.24, 2.45) is 0 Å². The maximum atomic E-state index is 12.0. The van der Waals surface area contributed by atoms with Crippen LogP contribution in [0.2, 0.25) is 5.02 Å². The minimum absolute atomic E-state index is 0.0304. The van der Waals surface area contributed by atoms with E-state index in [0.717, 1.165) is 15.3 Å². The van der Waals surface area contributed by atoms with Crippen molar-refractivity contribution in [3.8, 4) is 0 Å². The second-order valence-electron chi connectivity index (χ2n) is 4.16. The zero-order chi connectivity index (χ0) is 13.1. The topological polar surface area (TPSA) is 29.1 Å². The van der Waals surface area contributed by atoms with E-state index in [-0.39, 0.29) is 11.9 Å². The van der Waals surface area contributed by atoms with Crippen LogP contribution in [0.25, 0.3) is 0 Å². The average Bonchev–Trinajstić information content (AvgIpc) is 2.76. The van der Waals surface area contributed by atoms with Gasteiger partial charge in [-0.3, -0.25) is 4.79 Å². The summed E-state index contributed by atoms with van der Waals surface area (Å²) in [7, 11) is 0. The van der Waals surface area contributed by atoms with Crippen LogP contribution in [0, 0.1) is 6.92 Å². The van der Waals surface area contributed by atoms with Gasteiger partial charge in [-0.1, -0.05) is 23.7 Å². The van der Waals surface area contributed by atoms with Crippen molar-refractivity contribution < 1.29 is 4.79 Å². The Morgan fingerprint density at radius 3 is 2.44 bits per heavy atom. The molecular weight excluding hydrogens is 266 g/mol. The maximum Gasteiger partial charge on any atom is 0.261 e. The predicted octanol–water partition coefficient (Wildman–Crippen LogP) is 4.20. The van der Waals surface area contributed by atoms with Gasteiger partial charge in [0.15, 0.2) is 0 Å². The molecule has 2 aromatic rings. The Labute approximate surface area is 116 Å². The number of aryl methyl sites for hydroxylation is 1. The van der Waals surface area contributed by atoms with E-state index >= 15 is 0 Å². The normalized spacial score (nSPS) is 12.2. The van der Waals surface area contributed by atoms with Gasteiger partial charge in [0.05, 0.1) is 10.9 Å². The lowest BCUT2D eigenvalue weighted by atomic mass is 10.1. The Bertz CT molecular complexity index is 547. The first kappa shape index (κ1) is 13.1. The van der Waals surface area contributed by atoms with E-state index in [0.29, 0.717) is 5.02 Å². The number of hydrogen-bond donors (Lipinski definition) is 1. The Kier molecular flexibility index (Phi) is 4.04. The third kappa shape index (κ3) is 3.12. The van der Waals surface area contributed by atoms with E-state index in [1.54, 1.807) is 0 Å². The van der Waals surface area contributed by atoms with E-state index in [2.05, 4.69) is 5.32 Å². The fourth-order valence-electron chi connectivity index (χ4n) is 1.66. The lowest BCUT2D eigenvalue weighted by molar-refractivity contribution is 0.0944. The third-order valence-electron chi connectivity index (χ3n) is 2.68. The number of benzene rings is 1. The Balaban J connectivity index is 2.05. The molecule has 1 atom stereocenters. The van der Waals surface area contributed by atoms with Crippen LogP contribution < -0.4 is 5.32 Å². The number of halogens is 1. The number of carbonyl (C=O) groups is 1. The molecule has 1 unspecified atom stereocenters. The molecule has 0 spiro atoms. The Hall–Kier alpha value is -1.32. The van der Waals surface area contributed by atoms with Gasteiger partial charge in [-0.05, 0) is 43.7 Å². The van der Waals surface area contributed by atoms with Crippen LogP contribution in [0.15, 0.2) is 36.4 Å². The summed E-state index contributed by atoms with van der Waals surface area (Å²) in [5.41, 5.74) is 1.04. The molecule has 18 heavy (non-hydrogen) atoms. The Morgan fingerprint density at radius 2 is 1.89 bits per heavy atom. The molecule has 0 bridgehead atoms. The summed E-state index contributed by atoms with van der Waals surface area (Å²) in [5.74, 6) is -0.0319. The van der Waals surface area contributed by atoms with Crippen molar-refractivity contribution in [1.82, 2.24) is 5.32 Å². The summed E-state index contributed by atoms with van der Waals surface area (Å²) < 4.78 is 0. The summed E-state index contributed by atoms with van der Waals surface area (Å²) in [6.45, 7) is 3.95. The van der Waals surface area contributed by atoms with Crippen molar-refractivity contribution in [2.45, 2.75) is 19.9 Å². The van der Waals surface area contributed by atoms with Gasteiger partial charge in [0.2, 0.25) is 0 Å². The number of carbonyl (C=O) groups excluding carboxylic acids is 1. The lowest BCUT2D eigenvalue weighted by Gasteiger charge is -2.13. The number of hydrogen-bond acceptors (Lipinski definition) is 2. The molecule has 2 rings (SSSR count). The molecule has 0 aliphatic rings. The van der Waals surface area contributed by atoms with Crippen molar-refractivity contribution >= 4 is 28.8 Å². The van der Waals surface area contributed by atoms with Crippen LogP contribution in [0.4, 0.5) is 0 Å². The molecule has 1 aromatic carbocycles. The molecule has 1 amide bonds. The minimum atomic E-state index is -0.0319. The first-order chi connectivity index (χ1) is 8.56. The SMILES string of the molecule is Cc1ccc(C(=O)NC(C)c2ccc(Cl)cc2)s1. The predicted molar refractivity (Wildman–Crippen MR) is 76.4 cm³/mol. The van der Waals surface area contributed by atoms with Crippen molar-refractivity contribution in [3.63, 3.8) is 0 Å². The van der Waals surface area contributed by atoms with Crippen LogP contribution in [0.5, 0.6) is 0 Å². The monoisotopic (exact) mass is 279 g/mol. The number of amides is 1. The first-order valence-corrected chi connectivity index (χ1v) is 6.88. The van der Waals surface area contributed by atoms with E-state index < -0.39 is 0 Å². The second kappa shape index (κ2) is 5.55. The highest BCUT2D eigenvalue weighted by atomic mass is 35.5. The van der Waals surface area contributed by atoms with Gasteiger partial charge in [0.25, 0.3) is 5.91 Å². The zero-order valence-electron chi connectivity index (χ0n) is 10.2. The van der Waals surface area contributed by atoms with Gasteiger partial charge in [-0.25, -0.2) is 0 Å². The number of rotatable bonds is 3. The molecule has 0 aliphatic carbocycles. The van der Waals surface area contributed by atoms with Gasteiger partial charge < -0.3 is 5.32 Å². The first-order valence-electron chi connectivity index (χ1n) is 5.69. The quantitative estimate of drug-likeness (QED) is 0.896. The third-order valence-corrected chi connectivity index (χ3v) is 3.93. The van der Waals surface area contributed by atoms with E-state index in [4.69, 9.17) is 11.6 Å². The summed E-state index contributed by atoms with van der Waals surface area (Å²) in [6.07, 6.45) is 0. The van der Waals surface area contributed by atoms with Crippen LogP contribution >= 0.6 is 22.9 Å². The van der Waals surface area contributed by atoms with Crippen LogP contribution in [0.1, 0.15) is 33.1 Å². The molecule has 0 aliphatic heterocycles. The van der Waals surface area contributed by atoms with Gasteiger partial charge in [0, 0.05) is 9.90 Å². The van der Waals surface area contributed by atoms with Gasteiger partial charge in [-0.15, -0.1) is 11.3 Å². The molecule has 0 saturated carbocycles. The van der Waals surface area contributed by atoms with Crippen molar-refractivity contribution in [3.05, 3.63) is 56.7 Å². The second-order valence-corrected chi connectivity index (χ2v) is 5.88. The van der Waals surface area contributed by atoms with Crippen molar-refractivity contribution in [1.29, 1.82) is 0 Å². The van der Waals surface area contributed by atoms with Crippen LogP contribution in [-0.4, -0.2) is 5.91 Å². The van der Waals surface area contributed by atoms with Crippen LogP contribution in [0.3, 0.4) is 0 Å². The summed E-state index contributed by atoms with van der Waals surface area (Å²) in [5, 5.41) is 3.67. The average molecular weight is 280 g/mol. The fraction of sp³-hybridized carbons (Fsp3) is 0.214. The molecule has 1 aromatic heterocycles. The molecule has 1 heterocycles. The summed E-state index contributed by atoms with van der Waals surface area (Å²) in [4.78, 5) is 13.9. The minimum Gasteiger partial charge on any atom is -0.345 e. The fourth-order valence-corrected chi connectivity index (χ4v) is 2.56. The van der Waals surface area contributed by atoms with Gasteiger partial charge >= 0.3 is 0 Å². The molecule has 94 valence electrons. The number of thiophene rings is 1. The summed E-state index contributed by atoms with van der Waals surface area (Å²) >= 11 is 7.34. The molecule has 2 nitrogen and oxygen atoms in total. The lowest BCUT2D eigenvalue weighted by Crippen LogP contribution is -2.25. The molecular formula is C14H14ClNOS. The van der Waals surface area contributed by atoms with Crippen LogP contribution in [-0.2, 0) is 0 Å². The highest BCUT2D eigenvalue weighted by Crippen LogP contribution is 2.19. The zero-order valence-corrected chi connectivity index (χ0v) is 11.8. The van der Waals surface area contributed by atoms with E-state index in [1.165, 1.54) is 11.3 Å². The van der Waals surface area contributed by atoms with Gasteiger partial charge in [0.1, 0.15) is 0 Å². The van der Waals surface area contributed by atoms with E-state index in [1.807, 2.05) is 50.2 Å².